The van der Waals surface area contributed by atoms with E-state index in [1.54, 1.807) is 11.8 Å². The number of hydrogen-bond acceptors (Lipinski definition) is 3. The molecule has 66 valence electrons. The third kappa shape index (κ3) is 1.91. The van der Waals surface area contributed by atoms with Gasteiger partial charge in [-0.3, -0.25) is 0 Å². The Morgan fingerprint density at radius 3 is 2.50 bits per heavy atom. The fraction of sp³-hybridized carbons (Fsp3) is 0.444. The zero-order valence-corrected chi connectivity index (χ0v) is 8.77. The number of nitrogens with zero attached hydrogens (tertiary/aromatic N) is 2. The van der Waals surface area contributed by atoms with Crippen molar-refractivity contribution in [2.45, 2.75) is 11.8 Å². The molecule has 0 amide bonds. The van der Waals surface area contributed by atoms with Crippen molar-refractivity contribution >= 4 is 17.6 Å². The number of pyridine rings is 1. The molecule has 0 saturated heterocycles. The zero-order chi connectivity index (χ0) is 9.14. The summed E-state index contributed by atoms with van der Waals surface area (Å²) in [6.45, 7) is 2.11. The highest BCUT2D eigenvalue weighted by atomic mass is 32.2. The Morgan fingerprint density at radius 2 is 2.08 bits per heavy atom. The number of aromatic nitrogens is 1. The van der Waals surface area contributed by atoms with Gasteiger partial charge in [-0.1, -0.05) is 0 Å². The van der Waals surface area contributed by atoms with Crippen molar-refractivity contribution in [2.24, 2.45) is 0 Å². The van der Waals surface area contributed by atoms with E-state index >= 15 is 0 Å². The molecular weight excluding hydrogens is 168 g/mol. The van der Waals surface area contributed by atoms with E-state index in [1.165, 1.54) is 10.5 Å². The molecule has 1 heterocycles. The summed E-state index contributed by atoms with van der Waals surface area (Å²) in [6, 6.07) is 2.10. The zero-order valence-electron chi connectivity index (χ0n) is 7.96. The Kier molecular flexibility index (Phi) is 2.98. The molecule has 0 aliphatic heterocycles. The van der Waals surface area contributed by atoms with Crippen molar-refractivity contribution in [1.29, 1.82) is 0 Å². The van der Waals surface area contributed by atoms with Crippen LogP contribution in [0.5, 0.6) is 0 Å². The third-order valence-corrected chi connectivity index (χ3v) is 2.59. The molecule has 0 saturated carbocycles. The van der Waals surface area contributed by atoms with Gasteiger partial charge in [0.05, 0.1) is 0 Å². The fourth-order valence-corrected chi connectivity index (χ4v) is 1.53. The molecule has 0 bridgehead atoms. The molecule has 0 aromatic carbocycles. The molecule has 3 heteroatoms. The average Bonchev–Trinajstić information content (AvgIpc) is 2.04. The summed E-state index contributed by atoms with van der Waals surface area (Å²) in [6.07, 6.45) is 3.99. The van der Waals surface area contributed by atoms with E-state index in [9.17, 15) is 0 Å². The van der Waals surface area contributed by atoms with Gasteiger partial charge < -0.3 is 4.90 Å². The largest absolute Gasteiger partial charge is 0.363 e. The second kappa shape index (κ2) is 3.81. The minimum Gasteiger partial charge on any atom is -0.363 e. The normalized spacial score (nSPS) is 10.0. The first-order chi connectivity index (χ1) is 5.65. The van der Waals surface area contributed by atoms with E-state index in [0.717, 1.165) is 5.82 Å². The fourth-order valence-electron chi connectivity index (χ4n) is 0.987. The molecule has 12 heavy (non-hydrogen) atoms. The lowest BCUT2D eigenvalue weighted by Gasteiger charge is -2.12. The number of hydrogen-bond donors (Lipinski definition) is 0. The molecule has 1 aromatic heterocycles. The number of thioether (sulfide) groups is 1. The summed E-state index contributed by atoms with van der Waals surface area (Å²) < 4.78 is 0. The number of rotatable bonds is 2. The van der Waals surface area contributed by atoms with Crippen molar-refractivity contribution in [3.05, 3.63) is 17.8 Å². The van der Waals surface area contributed by atoms with Gasteiger partial charge in [0.2, 0.25) is 0 Å². The van der Waals surface area contributed by atoms with Gasteiger partial charge in [0.15, 0.2) is 0 Å². The van der Waals surface area contributed by atoms with Crippen molar-refractivity contribution in [3.8, 4) is 0 Å². The van der Waals surface area contributed by atoms with Crippen molar-refractivity contribution in [2.75, 3.05) is 25.3 Å². The molecule has 0 spiro atoms. The number of aryl methyl sites for hydroxylation is 1. The van der Waals surface area contributed by atoms with Crippen LogP contribution in [0.1, 0.15) is 5.56 Å². The van der Waals surface area contributed by atoms with E-state index in [-0.39, 0.29) is 0 Å². The Balaban J connectivity index is 3.02. The Labute approximate surface area is 78.0 Å². The summed E-state index contributed by atoms with van der Waals surface area (Å²) in [4.78, 5) is 7.58. The monoisotopic (exact) mass is 182 g/mol. The van der Waals surface area contributed by atoms with Gasteiger partial charge in [-0.2, -0.15) is 0 Å². The first-order valence-corrected chi connectivity index (χ1v) is 5.05. The summed E-state index contributed by atoms with van der Waals surface area (Å²) in [7, 11) is 4.00. The highest BCUT2D eigenvalue weighted by molar-refractivity contribution is 7.98. The van der Waals surface area contributed by atoms with Crippen LogP contribution in [0.4, 0.5) is 5.82 Å². The molecule has 2 nitrogen and oxygen atoms in total. The summed E-state index contributed by atoms with van der Waals surface area (Å²) in [5.41, 5.74) is 1.29. The van der Waals surface area contributed by atoms with E-state index in [4.69, 9.17) is 0 Å². The van der Waals surface area contributed by atoms with Crippen LogP contribution in [0, 0.1) is 6.92 Å². The van der Waals surface area contributed by atoms with Crippen LogP contribution in [-0.2, 0) is 0 Å². The molecule has 0 aliphatic rings. The minimum absolute atomic E-state index is 1.02. The van der Waals surface area contributed by atoms with Gasteiger partial charge in [-0.15, -0.1) is 11.8 Å². The Morgan fingerprint density at radius 1 is 1.42 bits per heavy atom. The first kappa shape index (κ1) is 9.39. The van der Waals surface area contributed by atoms with Gasteiger partial charge in [0.25, 0.3) is 0 Å². The van der Waals surface area contributed by atoms with Crippen molar-refractivity contribution < 1.29 is 0 Å². The highest BCUT2D eigenvalue weighted by Crippen LogP contribution is 2.21. The SMILES string of the molecule is CSc1cnc(N(C)C)cc1C. The number of anilines is 1. The maximum Gasteiger partial charge on any atom is 0.128 e. The van der Waals surface area contributed by atoms with Crippen molar-refractivity contribution in [1.82, 2.24) is 4.98 Å². The van der Waals surface area contributed by atoms with Crippen LogP contribution >= 0.6 is 11.8 Å². The molecule has 1 rings (SSSR count). The van der Waals surface area contributed by atoms with Gasteiger partial charge in [-0.25, -0.2) is 4.98 Å². The van der Waals surface area contributed by atoms with Crippen LogP contribution < -0.4 is 4.90 Å². The summed E-state index contributed by atoms with van der Waals surface area (Å²) in [5, 5.41) is 0. The third-order valence-electron chi connectivity index (χ3n) is 1.73. The Bertz CT molecular complexity index is 271. The molecule has 0 N–H and O–H groups in total. The lowest BCUT2D eigenvalue weighted by molar-refractivity contribution is 1.04. The van der Waals surface area contributed by atoms with Gasteiger partial charge in [-0.05, 0) is 24.8 Å². The van der Waals surface area contributed by atoms with Crippen LogP contribution in [-0.4, -0.2) is 25.3 Å². The predicted molar refractivity (Wildman–Crippen MR) is 55.1 cm³/mol. The lowest BCUT2D eigenvalue weighted by Crippen LogP contribution is -2.10. The van der Waals surface area contributed by atoms with Gasteiger partial charge in [0.1, 0.15) is 5.82 Å². The maximum absolute atomic E-state index is 4.31. The van der Waals surface area contributed by atoms with E-state index < -0.39 is 0 Å². The standard InChI is InChI=1S/C9H14N2S/c1-7-5-9(11(2)3)10-6-8(7)12-4/h5-6H,1-4H3. The smallest absolute Gasteiger partial charge is 0.128 e. The quantitative estimate of drug-likeness (QED) is 0.652. The minimum atomic E-state index is 1.02. The first-order valence-electron chi connectivity index (χ1n) is 3.83. The topological polar surface area (TPSA) is 16.1 Å². The molecule has 0 fully saturated rings. The van der Waals surface area contributed by atoms with Crippen molar-refractivity contribution in [3.63, 3.8) is 0 Å². The Hall–Kier alpha value is -0.700. The van der Waals surface area contributed by atoms with E-state index in [2.05, 4.69) is 24.2 Å². The van der Waals surface area contributed by atoms with E-state index in [0.29, 0.717) is 0 Å². The van der Waals surface area contributed by atoms with Gasteiger partial charge >= 0.3 is 0 Å². The van der Waals surface area contributed by atoms with Crippen LogP contribution in [0.2, 0.25) is 0 Å². The molecule has 0 aliphatic carbocycles. The average molecular weight is 182 g/mol. The lowest BCUT2D eigenvalue weighted by atomic mass is 10.3. The molecular formula is C9H14N2S. The summed E-state index contributed by atoms with van der Waals surface area (Å²) in [5.74, 6) is 1.02. The molecule has 0 radical (unpaired) electrons. The van der Waals surface area contributed by atoms with Gasteiger partial charge in [0, 0.05) is 25.2 Å². The second-order valence-corrected chi connectivity index (χ2v) is 3.75. The highest BCUT2D eigenvalue weighted by Gasteiger charge is 2.00. The molecule has 0 unspecified atom stereocenters. The van der Waals surface area contributed by atoms with E-state index in [1.807, 2.05) is 25.2 Å². The van der Waals surface area contributed by atoms with Crippen LogP contribution in [0.25, 0.3) is 0 Å². The summed E-state index contributed by atoms with van der Waals surface area (Å²) >= 11 is 1.73. The van der Waals surface area contributed by atoms with Crippen LogP contribution in [0.15, 0.2) is 17.2 Å². The van der Waals surface area contributed by atoms with Crippen LogP contribution in [0.3, 0.4) is 0 Å². The molecule has 0 atom stereocenters. The molecule has 1 aromatic rings. The second-order valence-electron chi connectivity index (χ2n) is 2.91. The maximum atomic E-state index is 4.31. The predicted octanol–water partition coefficient (Wildman–Crippen LogP) is 2.18.